The molecule has 0 saturated carbocycles. The molecule has 0 spiro atoms. The predicted molar refractivity (Wildman–Crippen MR) is 106 cm³/mol. The fraction of sp³-hybridized carbons (Fsp3) is 0.619. The number of ether oxygens (including phenoxy) is 2. The highest BCUT2D eigenvalue weighted by Crippen LogP contribution is 2.25. The summed E-state index contributed by atoms with van der Waals surface area (Å²) >= 11 is 0. The molecule has 0 aromatic heterocycles. The Labute approximate surface area is 162 Å². The van der Waals surface area contributed by atoms with Crippen molar-refractivity contribution in [2.24, 2.45) is 5.92 Å². The van der Waals surface area contributed by atoms with Gasteiger partial charge >= 0.3 is 6.09 Å². The maximum atomic E-state index is 12.7. The van der Waals surface area contributed by atoms with Crippen LogP contribution in [0.15, 0.2) is 18.2 Å². The molecular weight excluding hydrogens is 344 g/mol. The molecule has 1 aromatic rings. The molecule has 1 aliphatic rings. The minimum atomic E-state index is -0.538. The first-order chi connectivity index (χ1) is 12.5. The van der Waals surface area contributed by atoms with Gasteiger partial charge in [-0.1, -0.05) is 0 Å². The zero-order valence-electron chi connectivity index (χ0n) is 17.3. The van der Waals surface area contributed by atoms with Gasteiger partial charge in [0.25, 0.3) is 0 Å². The number of amides is 2. The summed E-state index contributed by atoms with van der Waals surface area (Å²) in [6, 6.07) is 5.64. The van der Waals surface area contributed by atoms with Gasteiger partial charge in [-0.15, -0.1) is 0 Å². The van der Waals surface area contributed by atoms with Crippen molar-refractivity contribution in [3.8, 4) is 5.75 Å². The lowest BCUT2D eigenvalue weighted by Crippen LogP contribution is -2.45. The lowest BCUT2D eigenvalue weighted by atomic mass is 9.97. The van der Waals surface area contributed by atoms with Crippen molar-refractivity contribution in [2.45, 2.75) is 66.1 Å². The molecule has 1 N–H and O–H groups in total. The summed E-state index contributed by atoms with van der Waals surface area (Å²) in [6.45, 7) is 12.4. The van der Waals surface area contributed by atoms with E-state index in [1.807, 2.05) is 59.7 Å². The van der Waals surface area contributed by atoms with Crippen LogP contribution in [0, 0.1) is 12.8 Å². The molecule has 0 radical (unpaired) electrons. The van der Waals surface area contributed by atoms with Crippen LogP contribution in [0.4, 0.5) is 10.5 Å². The molecule has 1 fully saturated rings. The second-order valence-electron chi connectivity index (χ2n) is 8.40. The van der Waals surface area contributed by atoms with Crippen molar-refractivity contribution in [1.82, 2.24) is 4.90 Å². The molecule has 1 atom stereocenters. The first kappa shape index (κ1) is 21.1. The van der Waals surface area contributed by atoms with Crippen molar-refractivity contribution in [3.05, 3.63) is 23.8 Å². The average Bonchev–Trinajstić information content (AvgIpc) is 2.55. The summed E-state index contributed by atoms with van der Waals surface area (Å²) in [7, 11) is 0. The van der Waals surface area contributed by atoms with Gasteiger partial charge in [0.1, 0.15) is 11.4 Å². The van der Waals surface area contributed by atoms with Crippen LogP contribution in [0.2, 0.25) is 0 Å². The summed E-state index contributed by atoms with van der Waals surface area (Å²) in [5.41, 5.74) is 1.18. The Kier molecular flexibility index (Phi) is 6.73. The zero-order valence-corrected chi connectivity index (χ0v) is 17.3. The van der Waals surface area contributed by atoms with Crippen LogP contribution < -0.4 is 10.1 Å². The van der Waals surface area contributed by atoms with Crippen molar-refractivity contribution in [2.75, 3.05) is 18.4 Å². The van der Waals surface area contributed by atoms with Crippen molar-refractivity contribution < 1.29 is 19.1 Å². The Morgan fingerprint density at radius 1 is 1.26 bits per heavy atom. The van der Waals surface area contributed by atoms with Gasteiger partial charge in [-0.2, -0.15) is 0 Å². The molecule has 1 heterocycles. The summed E-state index contributed by atoms with van der Waals surface area (Å²) in [5, 5.41) is 2.99. The summed E-state index contributed by atoms with van der Waals surface area (Å²) in [4.78, 5) is 26.6. The summed E-state index contributed by atoms with van der Waals surface area (Å²) in [6.07, 6.45) is 1.30. The minimum absolute atomic E-state index is 0.0658. The Balaban J connectivity index is 1.98. The Bertz CT molecular complexity index is 679. The number of carbonyl (C=O) groups is 2. The quantitative estimate of drug-likeness (QED) is 0.847. The third-order valence-electron chi connectivity index (χ3n) is 4.27. The normalized spacial score (nSPS) is 17.6. The lowest BCUT2D eigenvalue weighted by Gasteiger charge is -2.33. The molecule has 1 saturated heterocycles. The first-order valence-corrected chi connectivity index (χ1v) is 9.61. The molecule has 0 aliphatic carbocycles. The van der Waals surface area contributed by atoms with E-state index in [4.69, 9.17) is 9.47 Å². The number of benzene rings is 1. The molecule has 1 aliphatic heterocycles. The summed E-state index contributed by atoms with van der Waals surface area (Å²) in [5.74, 6) is 0.482. The molecular formula is C21H32N2O4. The van der Waals surface area contributed by atoms with Crippen LogP contribution in [0.1, 0.15) is 53.0 Å². The smallest absolute Gasteiger partial charge is 0.410 e. The maximum Gasteiger partial charge on any atom is 0.410 e. The van der Waals surface area contributed by atoms with Gasteiger partial charge in [-0.05, 0) is 78.1 Å². The molecule has 27 heavy (non-hydrogen) atoms. The van der Waals surface area contributed by atoms with Gasteiger partial charge < -0.3 is 19.7 Å². The molecule has 150 valence electrons. The van der Waals surface area contributed by atoms with E-state index in [-0.39, 0.29) is 24.0 Å². The second-order valence-corrected chi connectivity index (χ2v) is 8.40. The third kappa shape index (κ3) is 6.45. The third-order valence-corrected chi connectivity index (χ3v) is 4.27. The predicted octanol–water partition coefficient (Wildman–Crippen LogP) is 4.37. The SMILES string of the molecule is Cc1cc(OC(C)C)ccc1NC(=O)C1CCCN(C(=O)OC(C)(C)C)C1. The fourth-order valence-electron chi connectivity index (χ4n) is 3.04. The number of aryl methyl sites for hydroxylation is 1. The maximum absolute atomic E-state index is 12.7. The van der Waals surface area contributed by atoms with E-state index in [1.165, 1.54) is 0 Å². The Hall–Kier alpha value is -2.24. The Morgan fingerprint density at radius 2 is 1.96 bits per heavy atom. The molecule has 6 nitrogen and oxygen atoms in total. The number of likely N-dealkylation sites (tertiary alicyclic amines) is 1. The lowest BCUT2D eigenvalue weighted by molar-refractivity contribution is -0.121. The van der Waals surface area contributed by atoms with Gasteiger partial charge in [-0.3, -0.25) is 4.79 Å². The van der Waals surface area contributed by atoms with Gasteiger partial charge in [-0.25, -0.2) is 4.79 Å². The zero-order chi connectivity index (χ0) is 20.2. The van der Waals surface area contributed by atoms with Crippen LogP contribution >= 0.6 is 0 Å². The molecule has 1 aromatic carbocycles. The van der Waals surface area contributed by atoms with E-state index < -0.39 is 5.60 Å². The molecule has 6 heteroatoms. The van der Waals surface area contributed by atoms with E-state index >= 15 is 0 Å². The van der Waals surface area contributed by atoms with Crippen molar-refractivity contribution >= 4 is 17.7 Å². The average molecular weight is 376 g/mol. The second kappa shape index (κ2) is 8.63. The van der Waals surface area contributed by atoms with Crippen LogP contribution in [-0.4, -0.2) is 41.7 Å². The number of piperidine rings is 1. The number of nitrogens with zero attached hydrogens (tertiary/aromatic N) is 1. The highest BCUT2D eigenvalue weighted by molar-refractivity contribution is 5.93. The fourth-order valence-corrected chi connectivity index (χ4v) is 3.04. The highest BCUT2D eigenvalue weighted by atomic mass is 16.6. The highest BCUT2D eigenvalue weighted by Gasteiger charge is 2.31. The van der Waals surface area contributed by atoms with E-state index in [0.717, 1.165) is 29.8 Å². The van der Waals surface area contributed by atoms with Gasteiger partial charge in [0, 0.05) is 18.8 Å². The summed E-state index contributed by atoms with van der Waals surface area (Å²) < 4.78 is 11.1. The van der Waals surface area contributed by atoms with Crippen LogP contribution in [0.25, 0.3) is 0 Å². The van der Waals surface area contributed by atoms with E-state index in [0.29, 0.717) is 13.1 Å². The monoisotopic (exact) mass is 376 g/mol. The van der Waals surface area contributed by atoms with Crippen molar-refractivity contribution in [1.29, 1.82) is 0 Å². The van der Waals surface area contributed by atoms with E-state index in [1.54, 1.807) is 4.90 Å². The van der Waals surface area contributed by atoms with Crippen LogP contribution in [0.3, 0.4) is 0 Å². The van der Waals surface area contributed by atoms with Crippen LogP contribution in [-0.2, 0) is 9.53 Å². The van der Waals surface area contributed by atoms with E-state index in [9.17, 15) is 9.59 Å². The first-order valence-electron chi connectivity index (χ1n) is 9.61. The number of nitrogens with one attached hydrogen (secondary N) is 1. The van der Waals surface area contributed by atoms with Gasteiger partial charge in [0.2, 0.25) is 5.91 Å². The number of rotatable bonds is 4. The molecule has 2 amide bonds. The Morgan fingerprint density at radius 3 is 2.56 bits per heavy atom. The number of carbonyl (C=O) groups excluding carboxylic acids is 2. The topological polar surface area (TPSA) is 67.9 Å². The molecule has 2 rings (SSSR count). The molecule has 0 bridgehead atoms. The standard InChI is InChI=1S/C21H32N2O4/c1-14(2)26-17-9-10-18(15(3)12-17)22-19(24)16-8-7-11-23(13-16)20(25)27-21(4,5)6/h9-10,12,14,16H,7-8,11,13H2,1-6H3,(H,22,24). The van der Waals surface area contributed by atoms with Gasteiger partial charge in [0.15, 0.2) is 0 Å². The van der Waals surface area contributed by atoms with Gasteiger partial charge in [0.05, 0.1) is 12.0 Å². The number of hydrogen-bond donors (Lipinski definition) is 1. The number of anilines is 1. The minimum Gasteiger partial charge on any atom is -0.491 e. The number of hydrogen-bond acceptors (Lipinski definition) is 4. The molecule has 1 unspecified atom stereocenters. The largest absolute Gasteiger partial charge is 0.491 e. The van der Waals surface area contributed by atoms with Crippen LogP contribution in [0.5, 0.6) is 5.75 Å². The van der Waals surface area contributed by atoms with E-state index in [2.05, 4.69) is 5.32 Å². The van der Waals surface area contributed by atoms with Crippen molar-refractivity contribution in [3.63, 3.8) is 0 Å².